The number of aliphatic hydroxyl groups is 1. The number of aromatic nitrogens is 3. The molecule has 0 aliphatic rings. The molecule has 0 saturated heterocycles. The zero-order valence-electron chi connectivity index (χ0n) is 10.6. The maximum absolute atomic E-state index is 11.5. The van der Waals surface area contributed by atoms with Crippen molar-refractivity contribution in [3.05, 3.63) is 42.2 Å². The zero-order valence-corrected chi connectivity index (χ0v) is 11.4. The van der Waals surface area contributed by atoms with E-state index in [-0.39, 0.29) is 0 Å². The highest BCUT2D eigenvalue weighted by Gasteiger charge is 2.28. The highest BCUT2D eigenvalue weighted by molar-refractivity contribution is 7.91. The lowest BCUT2D eigenvalue weighted by molar-refractivity contribution is 0.168. The lowest BCUT2D eigenvalue weighted by Gasteiger charge is -2.17. The van der Waals surface area contributed by atoms with Crippen LogP contribution in [0.5, 0.6) is 0 Å². The van der Waals surface area contributed by atoms with Gasteiger partial charge in [-0.05, 0) is 19.1 Å². The fraction of sp³-hybridized carbons (Fsp3) is 0.333. The second-order valence-electron chi connectivity index (χ2n) is 4.39. The Balaban J connectivity index is 2.41. The Bertz CT molecular complexity index is 652. The van der Waals surface area contributed by atoms with Crippen LogP contribution in [-0.2, 0) is 9.84 Å². The minimum Gasteiger partial charge on any atom is -0.385 e. The number of para-hydroxylation sites is 1. The molecular formula is C12H15N3O3S. The highest BCUT2D eigenvalue weighted by Crippen LogP contribution is 2.22. The largest absolute Gasteiger partial charge is 0.385 e. The Morgan fingerprint density at radius 3 is 2.47 bits per heavy atom. The molecular weight excluding hydrogens is 266 g/mol. The van der Waals surface area contributed by atoms with Crippen LogP contribution >= 0.6 is 0 Å². The van der Waals surface area contributed by atoms with Crippen LogP contribution in [0.1, 0.15) is 18.7 Å². The van der Waals surface area contributed by atoms with Crippen LogP contribution in [0.4, 0.5) is 0 Å². The van der Waals surface area contributed by atoms with Gasteiger partial charge in [0, 0.05) is 6.26 Å². The van der Waals surface area contributed by atoms with Gasteiger partial charge in [-0.2, -0.15) is 0 Å². The fourth-order valence-electron chi connectivity index (χ4n) is 1.69. The molecule has 1 N–H and O–H groups in total. The highest BCUT2D eigenvalue weighted by atomic mass is 32.2. The van der Waals surface area contributed by atoms with Crippen molar-refractivity contribution >= 4 is 9.84 Å². The van der Waals surface area contributed by atoms with Crippen LogP contribution < -0.4 is 0 Å². The second kappa shape index (κ2) is 5.10. The van der Waals surface area contributed by atoms with E-state index in [9.17, 15) is 13.5 Å². The van der Waals surface area contributed by atoms with E-state index in [1.165, 1.54) is 17.8 Å². The number of hydrogen-bond acceptors (Lipinski definition) is 5. The first-order valence-corrected chi connectivity index (χ1v) is 7.69. The minimum atomic E-state index is -3.35. The minimum absolute atomic E-state index is 0.351. The summed E-state index contributed by atoms with van der Waals surface area (Å²) >= 11 is 0. The monoisotopic (exact) mass is 281 g/mol. The molecule has 19 heavy (non-hydrogen) atoms. The summed E-state index contributed by atoms with van der Waals surface area (Å²) in [6.07, 6.45) is 1.29. The predicted molar refractivity (Wildman–Crippen MR) is 70.6 cm³/mol. The summed E-state index contributed by atoms with van der Waals surface area (Å²) in [7, 11) is -3.35. The molecule has 0 bridgehead atoms. The van der Waals surface area contributed by atoms with Crippen molar-refractivity contribution in [1.82, 2.24) is 15.0 Å². The third-order valence-electron chi connectivity index (χ3n) is 3.00. The molecule has 0 aliphatic carbocycles. The van der Waals surface area contributed by atoms with Crippen molar-refractivity contribution in [2.24, 2.45) is 0 Å². The summed E-state index contributed by atoms with van der Waals surface area (Å²) in [6, 6.07) is 9.11. The molecule has 0 amide bonds. The van der Waals surface area contributed by atoms with E-state index in [1.807, 2.05) is 18.2 Å². The van der Waals surface area contributed by atoms with Gasteiger partial charge in [-0.25, -0.2) is 13.1 Å². The third-order valence-corrected chi connectivity index (χ3v) is 4.61. The molecule has 0 saturated carbocycles. The number of rotatable bonds is 4. The summed E-state index contributed by atoms with van der Waals surface area (Å²) in [4.78, 5) is 0. The summed E-state index contributed by atoms with van der Waals surface area (Å²) < 4.78 is 24.4. The molecule has 1 aromatic carbocycles. The van der Waals surface area contributed by atoms with Gasteiger partial charge < -0.3 is 5.11 Å². The molecule has 1 aromatic heterocycles. The van der Waals surface area contributed by atoms with Crippen LogP contribution in [0, 0.1) is 0 Å². The first-order chi connectivity index (χ1) is 8.91. The summed E-state index contributed by atoms with van der Waals surface area (Å²) in [5.74, 6) is 0. The third kappa shape index (κ3) is 2.82. The van der Waals surface area contributed by atoms with Gasteiger partial charge in [0.05, 0.1) is 22.8 Å². The number of benzene rings is 1. The van der Waals surface area contributed by atoms with Gasteiger partial charge in [-0.15, -0.1) is 5.10 Å². The average molecular weight is 281 g/mol. The van der Waals surface area contributed by atoms with Crippen molar-refractivity contribution in [3.8, 4) is 5.69 Å². The van der Waals surface area contributed by atoms with E-state index in [0.29, 0.717) is 5.69 Å². The molecule has 0 fully saturated rings. The maximum Gasteiger partial charge on any atom is 0.152 e. The molecule has 0 spiro atoms. The molecule has 2 atom stereocenters. The Morgan fingerprint density at radius 2 is 1.89 bits per heavy atom. The lowest BCUT2D eigenvalue weighted by Crippen LogP contribution is -2.26. The molecule has 2 rings (SSSR count). The maximum atomic E-state index is 11.5. The smallest absolute Gasteiger partial charge is 0.152 e. The molecule has 2 unspecified atom stereocenters. The van der Waals surface area contributed by atoms with Gasteiger partial charge in [-0.1, -0.05) is 23.4 Å². The SMILES string of the molecule is CC(C(O)c1cnnn1-c1ccccc1)S(C)(=O)=O. The Labute approximate surface area is 111 Å². The van der Waals surface area contributed by atoms with Crippen molar-refractivity contribution < 1.29 is 13.5 Å². The van der Waals surface area contributed by atoms with E-state index in [1.54, 1.807) is 12.1 Å². The van der Waals surface area contributed by atoms with Crippen LogP contribution in [0.15, 0.2) is 36.5 Å². The summed E-state index contributed by atoms with van der Waals surface area (Å²) in [6.45, 7) is 1.46. The standard InChI is InChI=1S/C12H15N3O3S/c1-9(19(2,17)18)12(16)11-8-13-14-15(11)10-6-4-3-5-7-10/h3-9,12,16H,1-2H3. The Kier molecular flexibility index (Phi) is 3.68. The molecule has 102 valence electrons. The molecule has 2 aromatic rings. The first kappa shape index (κ1) is 13.7. The summed E-state index contributed by atoms with van der Waals surface area (Å²) in [5.41, 5.74) is 1.07. The Morgan fingerprint density at radius 1 is 1.26 bits per heavy atom. The zero-order chi connectivity index (χ0) is 14.0. The van der Waals surface area contributed by atoms with Gasteiger partial charge in [0.1, 0.15) is 6.10 Å². The van der Waals surface area contributed by atoms with Crippen molar-refractivity contribution in [1.29, 1.82) is 0 Å². The van der Waals surface area contributed by atoms with Crippen LogP contribution in [0.3, 0.4) is 0 Å². The number of aliphatic hydroxyl groups excluding tert-OH is 1. The number of hydrogen-bond donors (Lipinski definition) is 1. The molecule has 1 heterocycles. The quantitative estimate of drug-likeness (QED) is 0.893. The van der Waals surface area contributed by atoms with E-state index < -0.39 is 21.2 Å². The predicted octanol–water partition coefficient (Wildman–Crippen LogP) is 0.734. The van der Waals surface area contributed by atoms with E-state index in [4.69, 9.17) is 0 Å². The van der Waals surface area contributed by atoms with Gasteiger partial charge in [0.2, 0.25) is 0 Å². The Hall–Kier alpha value is -1.73. The number of sulfone groups is 1. The first-order valence-electron chi connectivity index (χ1n) is 5.74. The normalized spacial score (nSPS) is 15.1. The van der Waals surface area contributed by atoms with Gasteiger partial charge in [0.25, 0.3) is 0 Å². The summed E-state index contributed by atoms with van der Waals surface area (Å²) in [5, 5.41) is 16.9. The van der Waals surface area contributed by atoms with Crippen LogP contribution in [0.2, 0.25) is 0 Å². The molecule has 6 nitrogen and oxygen atoms in total. The molecule has 0 aliphatic heterocycles. The number of nitrogens with zero attached hydrogens (tertiary/aromatic N) is 3. The van der Waals surface area contributed by atoms with Crippen LogP contribution in [0.25, 0.3) is 5.69 Å². The average Bonchev–Trinajstić information content (AvgIpc) is 2.86. The van der Waals surface area contributed by atoms with E-state index in [0.717, 1.165) is 11.9 Å². The van der Waals surface area contributed by atoms with Gasteiger partial charge in [-0.3, -0.25) is 0 Å². The van der Waals surface area contributed by atoms with Gasteiger partial charge in [0.15, 0.2) is 9.84 Å². The van der Waals surface area contributed by atoms with Crippen molar-refractivity contribution in [2.45, 2.75) is 18.3 Å². The second-order valence-corrected chi connectivity index (χ2v) is 6.79. The van der Waals surface area contributed by atoms with E-state index in [2.05, 4.69) is 10.3 Å². The lowest BCUT2D eigenvalue weighted by atomic mass is 10.2. The van der Waals surface area contributed by atoms with Gasteiger partial charge >= 0.3 is 0 Å². The van der Waals surface area contributed by atoms with Crippen molar-refractivity contribution in [2.75, 3.05) is 6.26 Å². The molecule has 7 heteroatoms. The topological polar surface area (TPSA) is 85.1 Å². The van der Waals surface area contributed by atoms with E-state index >= 15 is 0 Å². The van der Waals surface area contributed by atoms with Crippen LogP contribution in [-0.4, -0.2) is 40.0 Å². The van der Waals surface area contributed by atoms with Crippen molar-refractivity contribution in [3.63, 3.8) is 0 Å². The fourth-order valence-corrected chi connectivity index (χ4v) is 2.30. The molecule has 0 radical (unpaired) electrons.